The minimum atomic E-state index is 0.538. The van der Waals surface area contributed by atoms with Crippen LogP contribution < -0.4 is 4.74 Å². The number of benzene rings is 2. The molecule has 2 aromatic carbocycles. The predicted molar refractivity (Wildman–Crippen MR) is 83.5 cm³/mol. The van der Waals surface area contributed by atoms with E-state index < -0.39 is 0 Å². The van der Waals surface area contributed by atoms with Gasteiger partial charge in [-0.05, 0) is 42.3 Å². The second kappa shape index (κ2) is 7.10. The SMILES string of the molecule is C/C(Cc1ccc(OCc2cccc(Br)c2)cc1)=N/O. The van der Waals surface area contributed by atoms with Crippen LogP contribution in [-0.4, -0.2) is 10.9 Å². The van der Waals surface area contributed by atoms with E-state index >= 15 is 0 Å². The summed E-state index contributed by atoms with van der Waals surface area (Å²) in [4.78, 5) is 0. The van der Waals surface area contributed by atoms with Gasteiger partial charge in [-0.15, -0.1) is 0 Å². The molecule has 0 radical (unpaired) electrons. The van der Waals surface area contributed by atoms with Crippen LogP contribution in [-0.2, 0) is 13.0 Å². The molecule has 4 heteroatoms. The maximum absolute atomic E-state index is 8.64. The molecular formula is C16H16BrNO2. The molecule has 0 aliphatic carbocycles. The summed E-state index contributed by atoms with van der Waals surface area (Å²) in [6.07, 6.45) is 0.641. The van der Waals surface area contributed by atoms with Crippen molar-refractivity contribution in [2.45, 2.75) is 20.0 Å². The van der Waals surface area contributed by atoms with Gasteiger partial charge in [-0.3, -0.25) is 0 Å². The molecule has 0 aliphatic heterocycles. The molecule has 0 unspecified atom stereocenters. The highest BCUT2D eigenvalue weighted by Crippen LogP contribution is 2.17. The Morgan fingerprint density at radius 2 is 1.90 bits per heavy atom. The van der Waals surface area contributed by atoms with Crippen molar-refractivity contribution in [2.24, 2.45) is 5.16 Å². The number of oxime groups is 1. The zero-order chi connectivity index (χ0) is 14.4. The third-order valence-corrected chi connectivity index (χ3v) is 3.34. The number of halogens is 1. The normalized spacial score (nSPS) is 11.4. The van der Waals surface area contributed by atoms with E-state index in [9.17, 15) is 0 Å². The van der Waals surface area contributed by atoms with Crippen LogP contribution in [0.5, 0.6) is 5.75 Å². The lowest BCUT2D eigenvalue weighted by Gasteiger charge is -2.07. The Bertz CT molecular complexity index is 594. The van der Waals surface area contributed by atoms with Crippen LogP contribution >= 0.6 is 15.9 Å². The molecule has 0 fully saturated rings. The van der Waals surface area contributed by atoms with Crippen LogP contribution in [0.4, 0.5) is 0 Å². The first-order chi connectivity index (χ1) is 9.67. The summed E-state index contributed by atoms with van der Waals surface area (Å²) in [6.45, 7) is 2.33. The molecule has 0 bridgehead atoms. The molecule has 2 aromatic rings. The second-order valence-electron chi connectivity index (χ2n) is 4.57. The third-order valence-electron chi connectivity index (χ3n) is 2.85. The monoisotopic (exact) mass is 333 g/mol. The Kier molecular flexibility index (Phi) is 5.18. The highest BCUT2D eigenvalue weighted by molar-refractivity contribution is 9.10. The van der Waals surface area contributed by atoms with Gasteiger partial charge in [0.25, 0.3) is 0 Å². The maximum Gasteiger partial charge on any atom is 0.119 e. The number of rotatable bonds is 5. The van der Waals surface area contributed by atoms with Crippen molar-refractivity contribution in [1.29, 1.82) is 0 Å². The Balaban J connectivity index is 1.94. The Morgan fingerprint density at radius 3 is 2.55 bits per heavy atom. The van der Waals surface area contributed by atoms with E-state index in [4.69, 9.17) is 9.94 Å². The van der Waals surface area contributed by atoms with E-state index in [2.05, 4.69) is 21.1 Å². The summed E-state index contributed by atoms with van der Waals surface area (Å²) in [5.74, 6) is 0.826. The fourth-order valence-electron chi connectivity index (χ4n) is 1.83. The molecule has 20 heavy (non-hydrogen) atoms. The predicted octanol–water partition coefficient (Wildman–Crippen LogP) is 4.42. The molecule has 0 heterocycles. The van der Waals surface area contributed by atoms with Gasteiger partial charge in [0.2, 0.25) is 0 Å². The summed E-state index contributed by atoms with van der Waals surface area (Å²) in [5, 5.41) is 11.8. The van der Waals surface area contributed by atoms with Crippen LogP contribution in [0.25, 0.3) is 0 Å². The van der Waals surface area contributed by atoms with E-state index in [1.165, 1.54) is 0 Å². The second-order valence-corrected chi connectivity index (χ2v) is 5.49. The van der Waals surface area contributed by atoms with Gasteiger partial charge in [-0.25, -0.2) is 0 Å². The molecule has 0 spiro atoms. The van der Waals surface area contributed by atoms with Crippen molar-refractivity contribution >= 4 is 21.6 Å². The van der Waals surface area contributed by atoms with Crippen LogP contribution in [0.3, 0.4) is 0 Å². The minimum absolute atomic E-state index is 0.538. The average Bonchev–Trinajstić information content (AvgIpc) is 2.46. The zero-order valence-corrected chi connectivity index (χ0v) is 12.8. The Labute approximate surface area is 127 Å². The standard InChI is InChI=1S/C16H16BrNO2/c1-12(18-19)9-13-5-7-16(8-6-13)20-11-14-3-2-4-15(17)10-14/h2-8,10,19H,9,11H2,1H3/b18-12-. The fourth-order valence-corrected chi connectivity index (χ4v) is 2.27. The van der Waals surface area contributed by atoms with Crippen molar-refractivity contribution in [3.05, 3.63) is 64.1 Å². The number of nitrogens with zero attached hydrogens (tertiary/aromatic N) is 1. The molecule has 1 N–H and O–H groups in total. The van der Waals surface area contributed by atoms with Gasteiger partial charge in [-0.1, -0.05) is 45.4 Å². The van der Waals surface area contributed by atoms with E-state index in [1.54, 1.807) is 6.92 Å². The average molecular weight is 334 g/mol. The number of hydrogen-bond donors (Lipinski definition) is 1. The third kappa shape index (κ3) is 4.38. The molecule has 0 atom stereocenters. The molecule has 2 rings (SSSR count). The first kappa shape index (κ1) is 14.6. The molecule has 0 aliphatic rings. The van der Waals surface area contributed by atoms with Gasteiger partial charge < -0.3 is 9.94 Å². The van der Waals surface area contributed by atoms with E-state index in [-0.39, 0.29) is 0 Å². The van der Waals surface area contributed by atoms with Gasteiger partial charge in [0, 0.05) is 10.9 Å². The molecule has 0 aromatic heterocycles. The van der Waals surface area contributed by atoms with Crippen molar-refractivity contribution in [3.63, 3.8) is 0 Å². The first-order valence-electron chi connectivity index (χ1n) is 6.31. The molecule has 104 valence electrons. The smallest absolute Gasteiger partial charge is 0.119 e. The first-order valence-corrected chi connectivity index (χ1v) is 7.10. The summed E-state index contributed by atoms with van der Waals surface area (Å²) in [5.41, 5.74) is 2.90. The van der Waals surface area contributed by atoms with Crippen LogP contribution in [0.1, 0.15) is 18.1 Å². The van der Waals surface area contributed by atoms with Crippen LogP contribution in [0, 0.1) is 0 Å². The topological polar surface area (TPSA) is 41.8 Å². The van der Waals surface area contributed by atoms with Gasteiger partial charge in [0.1, 0.15) is 12.4 Å². The Morgan fingerprint density at radius 1 is 1.15 bits per heavy atom. The van der Waals surface area contributed by atoms with E-state index in [1.807, 2.05) is 48.5 Å². The van der Waals surface area contributed by atoms with Crippen LogP contribution in [0.2, 0.25) is 0 Å². The quantitative estimate of drug-likeness (QED) is 0.500. The van der Waals surface area contributed by atoms with Crippen molar-refractivity contribution in [1.82, 2.24) is 0 Å². The zero-order valence-electron chi connectivity index (χ0n) is 11.2. The molecule has 0 amide bonds. The molecular weight excluding hydrogens is 318 g/mol. The van der Waals surface area contributed by atoms with Crippen LogP contribution in [0.15, 0.2) is 58.2 Å². The van der Waals surface area contributed by atoms with Crippen molar-refractivity contribution in [2.75, 3.05) is 0 Å². The van der Waals surface area contributed by atoms with E-state index in [0.717, 1.165) is 21.3 Å². The summed E-state index contributed by atoms with van der Waals surface area (Å²) in [7, 11) is 0. The van der Waals surface area contributed by atoms with Crippen molar-refractivity contribution in [3.8, 4) is 5.75 Å². The van der Waals surface area contributed by atoms with Crippen molar-refractivity contribution < 1.29 is 9.94 Å². The van der Waals surface area contributed by atoms with Gasteiger partial charge in [0.05, 0.1) is 5.71 Å². The highest BCUT2D eigenvalue weighted by atomic mass is 79.9. The maximum atomic E-state index is 8.64. The minimum Gasteiger partial charge on any atom is -0.489 e. The lowest BCUT2D eigenvalue weighted by Crippen LogP contribution is -1.98. The lowest BCUT2D eigenvalue weighted by atomic mass is 10.1. The largest absolute Gasteiger partial charge is 0.489 e. The molecule has 0 saturated heterocycles. The number of hydrogen-bond acceptors (Lipinski definition) is 3. The summed E-state index contributed by atoms with van der Waals surface area (Å²) < 4.78 is 6.78. The highest BCUT2D eigenvalue weighted by Gasteiger charge is 1.99. The van der Waals surface area contributed by atoms with E-state index in [0.29, 0.717) is 18.7 Å². The lowest BCUT2D eigenvalue weighted by molar-refractivity contribution is 0.306. The summed E-state index contributed by atoms with van der Waals surface area (Å²) in [6, 6.07) is 15.9. The Hall–Kier alpha value is -1.81. The molecule has 3 nitrogen and oxygen atoms in total. The van der Waals surface area contributed by atoms with Gasteiger partial charge >= 0.3 is 0 Å². The molecule has 0 saturated carbocycles. The van der Waals surface area contributed by atoms with Gasteiger partial charge in [-0.2, -0.15) is 0 Å². The van der Waals surface area contributed by atoms with Gasteiger partial charge in [0.15, 0.2) is 0 Å². The summed E-state index contributed by atoms with van der Waals surface area (Å²) >= 11 is 3.44. The fraction of sp³-hybridized carbons (Fsp3) is 0.188. The number of ether oxygens (including phenoxy) is 1.